The zero-order valence-electron chi connectivity index (χ0n) is 18.7. The van der Waals surface area contributed by atoms with Gasteiger partial charge in [0.15, 0.2) is 5.82 Å². The molecule has 33 heavy (non-hydrogen) atoms. The lowest BCUT2D eigenvalue weighted by molar-refractivity contribution is -0.148. The van der Waals surface area contributed by atoms with Crippen LogP contribution in [0.25, 0.3) is 5.82 Å². The van der Waals surface area contributed by atoms with Gasteiger partial charge in [0, 0.05) is 33.2 Å². The number of aromatic nitrogens is 6. The van der Waals surface area contributed by atoms with Crippen LogP contribution in [0.2, 0.25) is 0 Å². The van der Waals surface area contributed by atoms with E-state index in [2.05, 4.69) is 30.6 Å². The number of carbonyl (C=O) groups excluding carboxylic acids is 2. The number of piperidine rings is 1. The Morgan fingerprint density at radius 2 is 2.06 bits per heavy atom. The highest BCUT2D eigenvalue weighted by Crippen LogP contribution is 2.45. The number of ether oxygens (including phenoxy) is 2. The summed E-state index contributed by atoms with van der Waals surface area (Å²) in [5.41, 5.74) is 1.54. The van der Waals surface area contributed by atoms with Crippen molar-refractivity contribution in [1.29, 1.82) is 0 Å². The number of likely N-dealkylation sites (tertiary alicyclic amines) is 2. The number of nitrogens with zero attached hydrogens (tertiary/aromatic N) is 8. The van der Waals surface area contributed by atoms with E-state index in [1.807, 2.05) is 12.1 Å². The molecule has 1 spiro atoms. The molecule has 2 fully saturated rings. The van der Waals surface area contributed by atoms with Crippen LogP contribution in [0.5, 0.6) is 0 Å². The van der Waals surface area contributed by atoms with Gasteiger partial charge in [0.25, 0.3) is 0 Å². The second-order valence-corrected chi connectivity index (χ2v) is 8.67. The van der Waals surface area contributed by atoms with E-state index in [0.29, 0.717) is 43.0 Å². The number of tetrazole rings is 1. The van der Waals surface area contributed by atoms with Crippen molar-refractivity contribution in [3.05, 3.63) is 35.4 Å². The van der Waals surface area contributed by atoms with Crippen molar-refractivity contribution >= 4 is 11.9 Å². The lowest BCUT2D eigenvalue weighted by Crippen LogP contribution is -2.55. The largest absolute Gasteiger partial charge is 0.456 e. The molecule has 0 bridgehead atoms. The van der Waals surface area contributed by atoms with Crippen molar-refractivity contribution in [2.75, 3.05) is 39.9 Å². The molecular formula is C21H26N8O4. The molecule has 12 heteroatoms. The predicted molar refractivity (Wildman–Crippen MR) is 113 cm³/mol. The zero-order valence-corrected chi connectivity index (χ0v) is 18.7. The van der Waals surface area contributed by atoms with Gasteiger partial charge in [-0.3, -0.25) is 4.79 Å². The molecule has 2 saturated heterocycles. The predicted octanol–water partition coefficient (Wildman–Crippen LogP) is -0.235. The number of amides is 1. The van der Waals surface area contributed by atoms with Crippen LogP contribution in [-0.4, -0.2) is 98.1 Å². The quantitative estimate of drug-likeness (QED) is 0.540. The summed E-state index contributed by atoms with van der Waals surface area (Å²) in [6.07, 6.45) is 3.42. The molecule has 5 heterocycles. The van der Waals surface area contributed by atoms with Crippen molar-refractivity contribution in [3.8, 4) is 5.82 Å². The lowest BCUT2D eigenvalue weighted by Gasteiger charge is -2.43. The van der Waals surface area contributed by atoms with Gasteiger partial charge in [-0.1, -0.05) is 0 Å². The molecule has 0 saturated carbocycles. The summed E-state index contributed by atoms with van der Waals surface area (Å²) < 4.78 is 12.4. The van der Waals surface area contributed by atoms with Crippen LogP contribution in [0.4, 0.5) is 0 Å². The third-order valence-corrected chi connectivity index (χ3v) is 7.03. The monoisotopic (exact) mass is 454 g/mol. The zero-order chi connectivity index (χ0) is 23.0. The van der Waals surface area contributed by atoms with Crippen molar-refractivity contribution in [2.45, 2.75) is 32.3 Å². The van der Waals surface area contributed by atoms with Crippen LogP contribution < -0.4 is 0 Å². The number of methoxy groups -OCH3 is 1. The van der Waals surface area contributed by atoms with Crippen LogP contribution in [0.1, 0.15) is 25.5 Å². The molecule has 174 valence electrons. The minimum absolute atomic E-state index is 0.0470. The van der Waals surface area contributed by atoms with Crippen LogP contribution in [0, 0.1) is 5.41 Å². The highest BCUT2D eigenvalue weighted by atomic mass is 16.5. The first kappa shape index (κ1) is 21.6. The van der Waals surface area contributed by atoms with E-state index in [9.17, 15) is 9.59 Å². The fourth-order valence-electron chi connectivity index (χ4n) is 4.99. The van der Waals surface area contributed by atoms with E-state index < -0.39 is 5.41 Å². The number of rotatable bonds is 6. The summed E-state index contributed by atoms with van der Waals surface area (Å²) in [5.74, 6) is 0.267. The fourth-order valence-corrected chi connectivity index (χ4v) is 4.99. The third kappa shape index (κ3) is 3.78. The topological polar surface area (TPSA) is 128 Å². The maximum Gasteiger partial charge on any atom is 0.336 e. The number of esters is 1. The SMILES string of the molecule is COC1CN(CCc2ccc(-n3cnnn3)nn2)CCC12CCN(C1=C(C)C(=O)OC1)C2=O. The summed E-state index contributed by atoms with van der Waals surface area (Å²) in [6.45, 7) is 4.73. The Bertz CT molecular complexity index is 1070. The molecule has 12 nitrogen and oxygen atoms in total. The van der Waals surface area contributed by atoms with Crippen molar-refractivity contribution in [3.63, 3.8) is 0 Å². The van der Waals surface area contributed by atoms with Crippen LogP contribution in [-0.2, 0) is 25.5 Å². The Labute approximate surface area is 190 Å². The normalized spacial score (nSPS) is 26.0. The Morgan fingerprint density at radius 1 is 1.21 bits per heavy atom. The number of carbonyl (C=O) groups is 2. The lowest BCUT2D eigenvalue weighted by atomic mass is 9.74. The van der Waals surface area contributed by atoms with Crippen LogP contribution in [0.3, 0.4) is 0 Å². The van der Waals surface area contributed by atoms with Gasteiger partial charge >= 0.3 is 5.97 Å². The highest BCUT2D eigenvalue weighted by molar-refractivity contribution is 5.94. The summed E-state index contributed by atoms with van der Waals surface area (Å²) in [6, 6.07) is 3.75. The van der Waals surface area contributed by atoms with Gasteiger partial charge in [-0.2, -0.15) is 9.78 Å². The fraction of sp³-hybridized carbons (Fsp3) is 0.571. The molecule has 0 aliphatic carbocycles. The average Bonchev–Trinajstić information content (AvgIpc) is 3.56. The van der Waals surface area contributed by atoms with E-state index in [4.69, 9.17) is 9.47 Å². The maximum absolute atomic E-state index is 13.5. The molecule has 0 N–H and O–H groups in total. The summed E-state index contributed by atoms with van der Waals surface area (Å²) >= 11 is 0. The summed E-state index contributed by atoms with van der Waals surface area (Å²) in [7, 11) is 1.67. The molecule has 2 aromatic heterocycles. The standard InChI is InChI=1S/C21H26N8O4/c1-14-16(12-33-19(14)30)28-10-7-21(20(28)31)6-9-27(11-17(21)32-2)8-5-15-3-4-18(24-23-15)29-13-22-25-26-29/h3-4,13,17H,5-12H2,1-2H3. The molecule has 2 unspecified atom stereocenters. The Kier molecular flexibility index (Phi) is 5.62. The highest BCUT2D eigenvalue weighted by Gasteiger charge is 2.55. The van der Waals surface area contributed by atoms with Gasteiger partial charge in [-0.25, -0.2) is 4.79 Å². The van der Waals surface area contributed by atoms with Gasteiger partial charge in [0.1, 0.15) is 12.9 Å². The van der Waals surface area contributed by atoms with Gasteiger partial charge in [-0.05, 0) is 48.9 Å². The van der Waals surface area contributed by atoms with E-state index in [1.165, 1.54) is 11.0 Å². The second kappa shape index (κ2) is 8.60. The number of hydrogen-bond donors (Lipinski definition) is 0. The van der Waals surface area contributed by atoms with E-state index in [0.717, 1.165) is 25.2 Å². The van der Waals surface area contributed by atoms with Crippen molar-refractivity contribution in [1.82, 2.24) is 40.2 Å². The first-order chi connectivity index (χ1) is 16.0. The summed E-state index contributed by atoms with van der Waals surface area (Å²) in [5, 5.41) is 19.5. The molecule has 1 amide bonds. The minimum atomic E-state index is -0.558. The molecule has 2 aromatic rings. The summed E-state index contributed by atoms with van der Waals surface area (Å²) in [4.78, 5) is 29.3. The second-order valence-electron chi connectivity index (χ2n) is 8.67. The third-order valence-electron chi connectivity index (χ3n) is 7.03. The van der Waals surface area contributed by atoms with Gasteiger partial charge in [-0.15, -0.1) is 10.2 Å². The molecular weight excluding hydrogens is 428 g/mol. The molecule has 3 aliphatic rings. The molecule has 3 aliphatic heterocycles. The molecule has 2 atom stereocenters. The minimum Gasteiger partial charge on any atom is -0.456 e. The van der Waals surface area contributed by atoms with E-state index in [1.54, 1.807) is 18.9 Å². The Morgan fingerprint density at radius 3 is 2.73 bits per heavy atom. The molecule has 0 radical (unpaired) electrons. The Hall–Kier alpha value is -3.25. The van der Waals surface area contributed by atoms with Gasteiger partial charge in [0.2, 0.25) is 5.91 Å². The van der Waals surface area contributed by atoms with Gasteiger partial charge < -0.3 is 19.3 Å². The first-order valence-corrected chi connectivity index (χ1v) is 11.0. The molecule has 5 rings (SSSR count). The van der Waals surface area contributed by atoms with Crippen LogP contribution >= 0.6 is 0 Å². The Balaban J connectivity index is 1.21. The smallest absolute Gasteiger partial charge is 0.336 e. The van der Waals surface area contributed by atoms with Crippen LogP contribution in [0.15, 0.2) is 29.7 Å². The maximum atomic E-state index is 13.5. The van der Waals surface area contributed by atoms with E-state index in [-0.39, 0.29) is 24.6 Å². The number of hydrogen-bond acceptors (Lipinski definition) is 10. The van der Waals surface area contributed by atoms with E-state index >= 15 is 0 Å². The number of cyclic esters (lactones) is 1. The molecule has 0 aromatic carbocycles. The van der Waals surface area contributed by atoms with Crippen molar-refractivity contribution < 1.29 is 19.1 Å². The average molecular weight is 454 g/mol. The van der Waals surface area contributed by atoms with Gasteiger partial charge in [0.05, 0.1) is 28.5 Å². The first-order valence-electron chi connectivity index (χ1n) is 11.0. The van der Waals surface area contributed by atoms with Crippen molar-refractivity contribution in [2.24, 2.45) is 5.41 Å².